The van der Waals surface area contributed by atoms with E-state index in [0.717, 1.165) is 24.7 Å². The van der Waals surface area contributed by atoms with E-state index in [-0.39, 0.29) is 17.9 Å². The molecule has 0 radical (unpaired) electrons. The van der Waals surface area contributed by atoms with Crippen LogP contribution in [-0.4, -0.2) is 37.8 Å². The summed E-state index contributed by atoms with van der Waals surface area (Å²) in [6.07, 6.45) is 6.76. The SMILES string of the molecule is C[C@H](NC(=O)[C@@H]1CCCN(S(=O)(=O)c2cccs2)C1)[C@@H]1C[C@H]2CC[C@H]1C2. The van der Waals surface area contributed by atoms with Gasteiger partial charge in [0.05, 0.1) is 5.92 Å². The molecule has 4 rings (SSSR count). The minimum Gasteiger partial charge on any atom is -0.353 e. The van der Waals surface area contributed by atoms with Gasteiger partial charge in [0.25, 0.3) is 10.0 Å². The maximum Gasteiger partial charge on any atom is 0.252 e. The van der Waals surface area contributed by atoms with Crippen molar-refractivity contribution >= 4 is 27.3 Å². The van der Waals surface area contributed by atoms with Gasteiger partial charge in [-0.25, -0.2) is 8.42 Å². The van der Waals surface area contributed by atoms with Gasteiger partial charge >= 0.3 is 0 Å². The van der Waals surface area contributed by atoms with Gasteiger partial charge in [-0.05, 0) is 68.2 Å². The summed E-state index contributed by atoms with van der Waals surface area (Å²) < 4.78 is 27.3. The topological polar surface area (TPSA) is 66.5 Å². The minimum atomic E-state index is -3.46. The molecule has 3 aliphatic rings. The molecule has 1 aromatic rings. The summed E-state index contributed by atoms with van der Waals surface area (Å²) in [5, 5.41) is 5.00. The normalized spacial score (nSPS) is 33.3. The molecule has 26 heavy (non-hydrogen) atoms. The van der Waals surface area contributed by atoms with E-state index >= 15 is 0 Å². The molecule has 0 aromatic carbocycles. The van der Waals surface area contributed by atoms with Crippen LogP contribution in [0.15, 0.2) is 21.7 Å². The Bertz CT molecular complexity index is 747. The maximum absolute atomic E-state index is 12.8. The number of thiophene rings is 1. The van der Waals surface area contributed by atoms with E-state index in [1.54, 1.807) is 17.5 Å². The molecule has 7 heteroatoms. The number of nitrogens with zero attached hydrogens (tertiary/aromatic N) is 1. The lowest BCUT2D eigenvalue weighted by Gasteiger charge is -2.33. The van der Waals surface area contributed by atoms with Crippen LogP contribution in [0.1, 0.15) is 45.4 Å². The first-order valence-electron chi connectivity index (χ1n) is 9.79. The zero-order valence-electron chi connectivity index (χ0n) is 15.3. The monoisotopic (exact) mass is 396 g/mol. The number of nitrogens with one attached hydrogen (secondary N) is 1. The van der Waals surface area contributed by atoms with Crippen molar-refractivity contribution in [3.63, 3.8) is 0 Å². The summed E-state index contributed by atoms with van der Waals surface area (Å²) >= 11 is 1.24. The molecule has 2 aliphatic carbocycles. The molecule has 1 amide bonds. The van der Waals surface area contributed by atoms with Crippen LogP contribution < -0.4 is 5.32 Å². The zero-order valence-corrected chi connectivity index (χ0v) is 16.9. The summed E-state index contributed by atoms with van der Waals surface area (Å²) in [6, 6.07) is 3.59. The van der Waals surface area contributed by atoms with Crippen molar-refractivity contribution in [3.05, 3.63) is 17.5 Å². The van der Waals surface area contributed by atoms with Crippen molar-refractivity contribution in [1.29, 1.82) is 0 Å². The van der Waals surface area contributed by atoms with E-state index in [4.69, 9.17) is 0 Å². The Morgan fingerprint density at radius 1 is 1.31 bits per heavy atom. The molecule has 2 saturated carbocycles. The highest BCUT2D eigenvalue weighted by molar-refractivity contribution is 7.91. The number of amides is 1. The highest BCUT2D eigenvalue weighted by Crippen LogP contribution is 2.49. The minimum absolute atomic E-state index is 0.0337. The zero-order chi connectivity index (χ0) is 18.3. The van der Waals surface area contributed by atoms with Gasteiger partial charge in [0, 0.05) is 19.1 Å². The number of sulfonamides is 1. The van der Waals surface area contributed by atoms with E-state index in [0.29, 0.717) is 23.2 Å². The molecule has 1 saturated heterocycles. The van der Waals surface area contributed by atoms with Crippen LogP contribution >= 0.6 is 11.3 Å². The van der Waals surface area contributed by atoms with Gasteiger partial charge < -0.3 is 5.32 Å². The molecule has 1 aliphatic heterocycles. The Balaban J connectivity index is 1.37. The summed E-state index contributed by atoms with van der Waals surface area (Å²) in [5.41, 5.74) is 0. The highest BCUT2D eigenvalue weighted by Gasteiger charge is 2.42. The van der Waals surface area contributed by atoms with E-state index in [2.05, 4.69) is 12.2 Å². The number of carbonyl (C=O) groups excluding carboxylic acids is 1. The van der Waals surface area contributed by atoms with Gasteiger partial charge in [-0.3, -0.25) is 4.79 Å². The summed E-state index contributed by atoms with van der Waals surface area (Å²) in [6.45, 7) is 2.94. The van der Waals surface area contributed by atoms with Gasteiger partial charge in [0.1, 0.15) is 4.21 Å². The molecule has 1 N–H and O–H groups in total. The average molecular weight is 397 g/mol. The third-order valence-electron chi connectivity index (χ3n) is 6.65. The van der Waals surface area contributed by atoms with Crippen LogP contribution in [0.3, 0.4) is 0 Å². The Morgan fingerprint density at radius 3 is 2.81 bits per heavy atom. The van der Waals surface area contributed by atoms with Crippen molar-refractivity contribution in [2.45, 2.75) is 55.7 Å². The summed E-state index contributed by atoms with van der Waals surface area (Å²) in [4.78, 5) is 12.8. The molecule has 2 bridgehead atoms. The van der Waals surface area contributed by atoms with Crippen LogP contribution in [0.5, 0.6) is 0 Å². The quantitative estimate of drug-likeness (QED) is 0.832. The predicted octanol–water partition coefficient (Wildman–Crippen LogP) is 3.09. The fourth-order valence-electron chi connectivity index (χ4n) is 5.27. The number of hydrogen-bond donors (Lipinski definition) is 1. The van der Waals surface area contributed by atoms with Gasteiger partial charge in [0.15, 0.2) is 0 Å². The molecule has 0 spiro atoms. The second-order valence-corrected chi connectivity index (χ2v) is 11.4. The van der Waals surface area contributed by atoms with Crippen LogP contribution in [0.2, 0.25) is 0 Å². The van der Waals surface area contributed by atoms with Crippen LogP contribution in [-0.2, 0) is 14.8 Å². The number of piperidine rings is 1. The molecule has 5 atom stereocenters. The van der Waals surface area contributed by atoms with Gasteiger partial charge in [-0.1, -0.05) is 12.5 Å². The Hall–Kier alpha value is -0.920. The Morgan fingerprint density at radius 2 is 2.15 bits per heavy atom. The van der Waals surface area contributed by atoms with Crippen LogP contribution in [0, 0.1) is 23.7 Å². The van der Waals surface area contributed by atoms with Crippen molar-refractivity contribution in [2.75, 3.05) is 13.1 Å². The third-order valence-corrected chi connectivity index (χ3v) is 9.89. The van der Waals surface area contributed by atoms with Crippen LogP contribution in [0.25, 0.3) is 0 Å². The second kappa shape index (κ2) is 7.24. The second-order valence-electron chi connectivity index (χ2n) is 8.27. The third kappa shape index (κ3) is 3.45. The lowest BCUT2D eigenvalue weighted by Crippen LogP contribution is -2.48. The smallest absolute Gasteiger partial charge is 0.252 e. The number of fused-ring (bicyclic) bond motifs is 2. The van der Waals surface area contributed by atoms with Gasteiger partial charge in [-0.2, -0.15) is 4.31 Å². The van der Waals surface area contributed by atoms with Crippen molar-refractivity contribution < 1.29 is 13.2 Å². The van der Waals surface area contributed by atoms with Crippen LogP contribution in [0.4, 0.5) is 0 Å². The van der Waals surface area contributed by atoms with Crippen molar-refractivity contribution in [3.8, 4) is 0 Å². The molecule has 3 fully saturated rings. The fraction of sp³-hybridized carbons (Fsp3) is 0.737. The Kier molecular flexibility index (Phi) is 5.14. The van der Waals surface area contributed by atoms with Gasteiger partial charge in [-0.15, -0.1) is 11.3 Å². The van der Waals surface area contributed by atoms with E-state index in [1.807, 2.05) is 0 Å². The molecule has 2 heterocycles. The average Bonchev–Trinajstić information content (AvgIpc) is 3.39. The number of carbonyl (C=O) groups is 1. The Labute approximate surface area is 160 Å². The first kappa shape index (κ1) is 18.4. The number of hydrogen-bond acceptors (Lipinski definition) is 4. The summed E-state index contributed by atoms with van der Waals surface area (Å²) in [7, 11) is -3.46. The lowest BCUT2D eigenvalue weighted by atomic mass is 9.83. The fourth-order valence-corrected chi connectivity index (χ4v) is 7.94. The summed E-state index contributed by atoms with van der Waals surface area (Å²) in [5.74, 6) is 2.04. The molecular formula is C19H28N2O3S2. The molecular weight excluding hydrogens is 368 g/mol. The van der Waals surface area contributed by atoms with Crippen molar-refractivity contribution in [1.82, 2.24) is 9.62 Å². The first-order chi connectivity index (χ1) is 12.4. The van der Waals surface area contributed by atoms with E-state index in [9.17, 15) is 13.2 Å². The predicted molar refractivity (Wildman–Crippen MR) is 102 cm³/mol. The maximum atomic E-state index is 12.8. The lowest BCUT2D eigenvalue weighted by molar-refractivity contribution is -0.127. The van der Waals surface area contributed by atoms with E-state index < -0.39 is 10.0 Å². The molecule has 1 aromatic heterocycles. The van der Waals surface area contributed by atoms with E-state index in [1.165, 1.54) is 41.3 Å². The first-order valence-corrected chi connectivity index (χ1v) is 12.1. The largest absolute Gasteiger partial charge is 0.353 e. The van der Waals surface area contributed by atoms with Crippen molar-refractivity contribution in [2.24, 2.45) is 23.7 Å². The number of rotatable bonds is 5. The highest BCUT2D eigenvalue weighted by atomic mass is 32.2. The van der Waals surface area contributed by atoms with Gasteiger partial charge in [0.2, 0.25) is 5.91 Å². The molecule has 144 valence electrons. The molecule has 0 unspecified atom stereocenters. The standard InChI is InChI=1S/C19H28N2O3S2/c1-13(17-11-14-6-7-15(17)10-14)20-19(22)16-4-2-8-21(12-16)26(23,24)18-5-3-9-25-18/h3,5,9,13-17H,2,4,6-8,10-12H2,1H3,(H,20,22)/t13-,14-,15-,16+,17-/m0/s1. The molecule has 5 nitrogen and oxygen atoms in total.